The second kappa shape index (κ2) is 6.16. The molecule has 2 rings (SSSR count). The predicted molar refractivity (Wildman–Crippen MR) is 77.8 cm³/mol. The fraction of sp³-hybridized carbons (Fsp3) is 0.500. The Morgan fingerprint density at radius 1 is 1.38 bits per heavy atom. The summed E-state index contributed by atoms with van der Waals surface area (Å²) in [6, 6.07) is 9.65. The molecule has 0 aromatic heterocycles. The number of nitrogens with one attached hydrogen (secondary N) is 1. The minimum absolute atomic E-state index is 0.329. The summed E-state index contributed by atoms with van der Waals surface area (Å²) in [5, 5.41) is 2.58. The number of amides is 1. The first-order valence-corrected chi connectivity index (χ1v) is 7.06. The lowest BCUT2D eigenvalue weighted by Gasteiger charge is -2.26. The van der Waals surface area contributed by atoms with Crippen molar-refractivity contribution < 1.29 is 19.1 Å². The standard InChI is InChI=1S/C16H21NO4/c1-16(2,3)21-14(18)12(13-10-17-15(19)20-13)9-11-7-5-4-6-8-11/h4-8,12-13H,9-10H2,1-3H3,(H,17,19)/t12-,13-/m1/s1. The Kier molecular flexibility index (Phi) is 4.50. The van der Waals surface area contributed by atoms with E-state index in [0.717, 1.165) is 5.56 Å². The molecule has 1 fully saturated rings. The SMILES string of the molecule is CC(C)(C)OC(=O)[C@H](Cc1ccccc1)[C@H]1CNC(=O)O1. The largest absolute Gasteiger partial charge is 0.460 e. The van der Waals surface area contributed by atoms with Crippen LogP contribution < -0.4 is 5.32 Å². The Bertz CT molecular complexity index is 507. The maximum absolute atomic E-state index is 12.4. The highest BCUT2D eigenvalue weighted by Gasteiger charge is 2.38. The van der Waals surface area contributed by atoms with E-state index in [4.69, 9.17) is 9.47 Å². The van der Waals surface area contributed by atoms with Gasteiger partial charge in [0.25, 0.3) is 0 Å². The van der Waals surface area contributed by atoms with Gasteiger partial charge in [-0.2, -0.15) is 0 Å². The zero-order valence-electron chi connectivity index (χ0n) is 12.6. The molecule has 0 radical (unpaired) electrons. The van der Waals surface area contributed by atoms with Gasteiger partial charge in [-0.3, -0.25) is 4.79 Å². The zero-order chi connectivity index (χ0) is 15.5. The summed E-state index contributed by atoms with van der Waals surface area (Å²) in [6.07, 6.45) is -0.496. The van der Waals surface area contributed by atoms with Crippen LogP contribution in [0.1, 0.15) is 26.3 Å². The smallest absolute Gasteiger partial charge is 0.407 e. The van der Waals surface area contributed by atoms with E-state index >= 15 is 0 Å². The third-order valence-corrected chi connectivity index (χ3v) is 3.16. The molecule has 1 aromatic rings. The summed E-state index contributed by atoms with van der Waals surface area (Å²) in [7, 11) is 0. The zero-order valence-corrected chi connectivity index (χ0v) is 12.6. The van der Waals surface area contributed by atoms with Gasteiger partial charge >= 0.3 is 12.1 Å². The van der Waals surface area contributed by atoms with Crippen LogP contribution in [-0.4, -0.2) is 30.3 Å². The minimum atomic E-state index is -0.567. The maximum atomic E-state index is 12.4. The molecule has 1 amide bonds. The van der Waals surface area contributed by atoms with E-state index in [-0.39, 0.29) is 5.97 Å². The molecule has 21 heavy (non-hydrogen) atoms. The molecule has 1 saturated heterocycles. The van der Waals surface area contributed by atoms with Crippen LogP contribution >= 0.6 is 0 Å². The van der Waals surface area contributed by atoms with Gasteiger partial charge in [-0.15, -0.1) is 0 Å². The fourth-order valence-corrected chi connectivity index (χ4v) is 2.24. The number of hydrogen-bond donors (Lipinski definition) is 1. The first-order chi connectivity index (χ1) is 9.85. The Hall–Kier alpha value is -2.04. The molecule has 0 aliphatic carbocycles. The highest BCUT2D eigenvalue weighted by atomic mass is 16.6. The first kappa shape index (κ1) is 15.4. The molecule has 1 aliphatic heterocycles. The van der Waals surface area contributed by atoms with Crippen LogP contribution in [0.2, 0.25) is 0 Å². The number of ether oxygens (including phenoxy) is 2. The molecular weight excluding hydrogens is 270 g/mol. The number of cyclic esters (lactones) is 1. The molecule has 1 N–H and O–H groups in total. The van der Waals surface area contributed by atoms with Crippen LogP contribution in [0.3, 0.4) is 0 Å². The molecule has 0 spiro atoms. The minimum Gasteiger partial charge on any atom is -0.460 e. The number of carbonyl (C=O) groups is 2. The van der Waals surface area contributed by atoms with Crippen LogP contribution in [0.15, 0.2) is 30.3 Å². The molecule has 1 aromatic carbocycles. The Labute approximate surface area is 124 Å². The molecule has 1 aliphatic rings. The number of benzene rings is 1. The lowest BCUT2D eigenvalue weighted by molar-refractivity contribution is -0.163. The Morgan fingerprint density at radius 2 is 2.05 bits per heavy atom. The van der Waals surface area contributed by atoms with Gasteiger partial charge in [-0.1, -0.05) is 30.3 Å². The number of esters is 1. The van der Waals surface area contributed by atoms with Gasteiger partial charge in [0.2, 0.25) is 0 Å². The Balaban J connectivity index is 2.14. The summed E-state index contributed by atoms with van der Waals surface area (Å²) in [5.41, 5.74) is 0.443. The monoisotopic (exact) mass is 291 g/mol. The third-order valence-electron chi connectivity index (χ3n) is 3.16. The van der Waals surface area contributed by atoms with Crippen molar-refractivity contribution in [3.8, 4) is 0 Å². The van der Waals surface area contributed by atoms with Crippen molar-refractivity contribution in [2.45, 2.75) is 38.9 Å². The summed E-state index contributed by atoms with van der Waals surface area (Å²) in [4.78, 5) is 23.6. The van der Waals surface area contributed by atoms with E-state index in [9.17, 15) is 9.59 Å². The van der Waals surface area contributed by atoms with Gasteiger partial charge in [0.15, 0.2) is 0 Å². The van der Waals surface area contributed by atoms with Crippen molar-refractivity contribution in [2.24, 2.45) is 5.92 Å². The second-order valence-corrected chi connectivity index (χ2v) is 6.15. The van der Waals surface area contributed by atoms with Crippen molar-refractivity contribution in [3.63, 3.8) is 0 Å². The van der Waals surface area contributed by atoms with Gasteiger partial charge in [-0.25, -0.2) is 4.79 Å². The molecule has 1 heterocycles. The summed E-state index contributed by atoms with van der Waals surface area (Å²) >= 11 is 0. The van der Waals surface area contributed by atoms with E-state index < -0.39 is 23.7 Å². The average molecular weight is 291 g/mol. The van der Waals surface area contributed by atoms with Crippen molar-refractivity contribution in [1.29, 1.82) is 0 Å². The van der Waals surface area contributed by atoms with Gasteiger partial charge in [0.1, 0.15) is 11.7 Å². The van der Waals surface area contributed by atoms with E-state index in [0.29, 0.717) is 13.0 Å². The van der Waals surface area contributed by atoms with Gasteiger partial charge < -0.3 is 14.8 Å². The predicted octanol–water partition coefficient (Wildman–Crippen LogP) is 2.30. The highest BCUT2D eigenvalue weighted by Crippen LogP contribution is 2.22. The van der Waals surface area contributed by atoms with Gasteiger partial charge in [0, 0.05) is 0 Å². The van der Waals surface area contributed by atoms with Crippen molar-refractivity contribution >= 4 is 12.1 Å². The molecule has 0 bridgehead atoms. The number of rotatable bonds is 4. The Morgan fingerprint density at radius 3 is 2.57 bits per heavy atom. The lowest BCUT2D eigenvalue weighted by Crippen LogP contribution is -2.38. The van der Waals surface area contributed by atoms with Crippen molar-refractivity contribution in [2.75, 3.05) is 6.54 Å². The number of hydrogen-bond acceptors (Lipinski definition) is 4. The number of alkyl carbamates (subject to hydrolysis) is 1. The fourth-order valence-electron chi connectivity index (χ4n) is 2.24. The molecule has 0 unspecified atom stereocenters. The maximum Gasteiger partial charge on any atom is 0.407 e. The van der Waals surface area contributed by atoms with Gasteiger partial charge in [-0.05, 0) is 32.8 Å². The molecule has 5 nitrogen and oxygen atoms in total. The van der Waals surface area contributed by atoms with E-state index in [2.05, 4.69) is 5.32 Å². The van der Waals surface area contributed by atoms with Crippen molar-refractivity contribution in [3.05, 3.63) is 35.9 Å². The van der Waals surface area contributed by atoms with Crippen LogP contribution in [-0.2, 0) is 20.7 Å². The van der Waals surface area contributed by atoms with Crippen LogP contribution in [0.5, 0.6) is 0 Å². The van der Waals surface area contributed by atoms with Crippen LogP contribution in [0.4, 0.5) is 4.79 Å². The van der Waals surface area contributed by atoms with Crippen LogP contribution in [0.25, 0.3) is 0 Å². The summed E-state index contributed by atoms with van der Waals surface area (Å²) in [5.74, 6) is -0.849. The van der Waals surface area contributed by atoms with E-state index in [1.807, 2.05) is 51.1 Å². The molecular formula is C16H21NO4. The van der Waals surface area contributed by atoms with Crippen LogP contribution in [0, 0.1) is 5.92 Å². The molecule has 2 atom stereocenters. The quantitative estimate of drug-likeness (QED) is 0.864. The molecule has 5 heteroatoms. The second-order valence-electron chi connectivity index (χ2n) is 6.15. The lowest BCUT2D eigenvalue weighted by atomic mass is 9.93. The van der Waals surface area contributed by atoms with E-state index in [1.165, 1.54) is 0 Å². The van der Waals surface area contributed by atoms with E-state index in [1.54, 1.807) is 0 Å². The normalized spacial score (nSPS) is 19.6. The third kappa shape index (κ3) is 4.48. The average Bonchev–Trinajstić information content (AvgIpc) is 2.81. The first-order valence-electron chi connectivity index (χ1n) is 7.06. The van der Waals surface area contributed by atoms with Crippen molar-refractivity contribution in [1.82, 2.24) is 5.32 Å². The molecule has 0 saturated carbocycles. The van der Waals surface area contributed by atoms with Gasteiger partial charge in [0.05, 0.1) is 12.5 Å². The molecule has 114 valence electrons. The topological polar surface area (TPSA) is 64.6 Å². The summed E-state index contributed by atoms with van der Waals surface area (Å²) < 4.78 is 10.6. The summed E-state index contributed by atoms with van der Waals surface area (Å²) in [6.45, 7) is 5.80. The highest BCUT2D eigenvalue weighted by molar-refractivity contribution is 5.76. The number of carbonyl (C=O) groups excluding carboxylic acids is 2.